The number of aliphatic carboxylic acids is 5. The van der Waals surface area contributed by atoms with Gasteiger partial charge in [0, 0.05) is 47.7 Å². The second-order valence-corrected chi connectivity index (χ2v) is 33.9. The molecule has 9 atom stereocenters. The van der Waals surface area contributed by atoms with Crippen LogP contribution in [0.5, 0.6) is 0 Å². The quantitative estimate of drug-likeness (QED) is 0.0231. The predicted octanol–water partition coefficient (Wildman–Crippen LogP) is 4.18. The summed E-state index contributed by atoms with van der Waals surface area (Å²) in [5.41, 5.74) is 3.80. The number of halogens is 6. The molecular formula is C84H91Cl6N9Na2O19. The number of hydrogen-bond acceptors (Lipinski definition) is 16. The number of amides is 9. The molecule has 4 unspecified atom stereocenters. The molecule has 3 aliphatic rings. The minimum absolute atomic E-state index is 0. The van der Waals surface area contributed by atoms with E-state index in [1.807, 2.05) is 20.8 Å². The normalized spacial score (nSPS) is 20.2. The van der Waals surface area contributed by atoms with Crippen LogP contribution in [0.15, 0.2) is 140 Å². The van der Waals surface area contributed by atoms with Crippen molar-refractivity contribution >= 4 is 170 Å². The van der Waals surface area contributed by atoms with Gasteiger partial charge in [-0.3, -0.25) is 47.9 Å². The SMILES string of the molecule is CC1(/C=C/C(=O)[O-])CCC(C(=O)N[C@@H](Cc2ccc(NC(=O)c3c(Cl)cccc3Cl)cc2)C(=O)[O-])C1(C)C.CC1(C(=O)NCC(=O)O)CCC(C(=O)N[C@@H](Cc2ccc(NC(=O)c3c(Cl)cccc3Cl)cc2)C(=O)O)C1(C)C.CC1(C)[C@H](C(=O)N[C@@H](Cc2ccc(NC(=O)c3c(Cl)cccc3Cl)cc2)C(=O)O)CC[C@@]1(C)C(=O)NCC(N)=O.[Na+].[Na+]. The zero-order valence-corrected chi connectivity index (χ0v) is 76.3. The van der Waals surface area contributed by atoms with E-state index in [-0.39, 0.29) is 138 Å². The first-order valence-corrected chi connectivity index (χ1v) is 39.4. The molecule has 0 saturated heterocycles. The first-order valence-electron chi connectivity index (χ1n) is 37.2. The van der Waals surface area contributed by atoms with Crippen molar-refractivity contribution in [2.24, 2.45) is 56.0 Å². The van der Waals surface area contributed by atoms with Crippen LogP contribution in [0.1, 0.15) is 149 Å². The second kappa shape index (κ2) is 43.4. The minimum Gasteiger partial charge on any atom is -0.548 e. The minimum atomic E-state index is -1.43. The van der Waals surface area contributed by atoms with Crippen molar-refractivity contribution in [3.63, 3.8) is 0 Å². The van der Waals surface area contributed by atoms with Crippen LogP contribution >= 0.6 is 69.6 Å². The van der Waals surface area contributed by atoms with Gasteiger partial charge in [-0.1, -0.05) is 193 Å². The molecule has 6 aromatic rings. The Labute approximate surface area is 767 Å². The van der Waals surface area contributed by atoms with Crippen molar-refractivity contribution in [3.05, 3.63) is 203 Å². The third-order valence-corrected chi connectivity index (χ3v) is 25.4. The zero-order chi connectivity index (χ0) is 87.9. The van der Waals surface area contributed by atoms with Crippen molar-refractivity contribution in [2.75, 3.05) is 29.0 Å². The smallest absolute Gasteiger partial charge is 0.548 e. The molecule has 0 bridgehead atoms. The number of carboxylic acid groups (broad SMARTS) is 5. The van der Waals surface area contributed by atoms with Gasteiger partial charge in [0.05, 0.1) is 82.2 Å². The molecule has 3 saturated carbocycles. The molecule has 3 fully saturated rings. The first kappa shape index (κ1) is 102. The van der Waals surface area contributed by atoms with Gasteiger partial charge >= 0.3 is 77.0 Å². The number of anilines is 3. The summed E-state index contributed by atoms with van der Waals surface area (Å²) in [5.74, 6) is -12.6. The third kappa shape index (κ3) is 25.1. The fraction of sp³-hybridized carbons (Fsp3) is 0.381. The van der Waals surface area contributed by atoms with Gasteiger partial charge in [-0.25, -0.2) is 9.59 Å². The summed E-state index contributed by atoms with van der Waals surface area (Å²) in [5, 5.41) is 73.3. The van der Waals surface area contributed by atoms with Gasteiger partial charge in [0.2, 0.25) is 35.4 Å². The molecule has 0 spiro atoms. The average molecular weight is 1790 g/mol. The molecule has 3 aliphatic carbocycles. The Hall–Kier alpha value is -8.62. The van der Waals surface area contributed by atoms with Crippen molar-refractivity contribution in [1.29, 1.82) is 0 Å². The molecule has 0 aliphatic heterocycles. The number of primary amides is 1. The topological polar surface area (TPSA) is 468 Å². The monoisotopic (exact) mass is 1790 g/mol. The number of carboxylic acids is 5. The van der Waals surface area contributed by atoms with E-state index in [9.17, 15) is 87.5 Å². The van der Waals surface area contributed by atoms with Gasteiger partial charge in [0.25, 0.3) is 17.7 Å². The summed E-state index contributed by atoms with van der Waals surface area (Å²) < 4.78 is 0. The van der Waals surface area contributed by atoms with Crippen LogP contribution in [0.25, 0.3) is 0 Å². The zero-order valence-electron chi connectivity index (χ0n) is 67.7. The molecule has 13 N–H and O–H groups in total. The Bertz CT molecular complexity index is 4640. The van der Waals surface area contributed by atoms with Gasteiger partial charge in [-0.05, 0) is 162 Å². The first-order chi connectivity index (χ1) is 55.1. The fourth-order valence-electron chi connectivity index (χ4n) is 15.0. The number of rotatable bonds is 29. The number of carbonyl (C=O) groups excluding carboxylic acids is 11. The number of allylic oxidation sites excluding steroid dienone is 1. The van der Waals surface area contributed by atoms with Crippen molar-refractivity contribution in [3.8, 4) is 0 Å². The van der Waals surface area contributed by atoms with Crippen molar-refractivity contribution in [2.45, 2.75) is 138 Å². The predicted molar refractivity (Wildman–Crippen MR) is 441 cm³/mol. The maximum absolute atomic E-state index is 13.3. The second-order valence-electron chi connectivity index (χ2n) is 31.4. The van der Waals surface area contributed by atoms with E-state index in [0.29, 0.717) is 72.3 Å². The van der Waals surface area contributed by atoms with Crippen LogP contribution < -0.4 is 118 Å². The average Bonchev–Trinajstić information content (AvgIpc) is 1.60. The maximum Gasteiger partial charge on any atom is 1.00 e. The number of hydrogen-bond donors (Lipinski definition) is 12. The molecule has 36 heteroatoms. The van der Waals surface area contributed by atoms with E-state index in [1.54, 1.807) is 175 Å². The summed E-state index contributed by atoms with van der Waals surface area (Å²) >= 11 is 36.5. The Morgan fingerprint density at radius 1 is 0.425 bits per heavy atom. The van der Waals surface area contributed by atoms with Crippen LogP contribution in [0.2, 0.25) is 30.1 Å². The van der Waals surface area contributed by atoms with E-state index < -0.39 is 152 Å². The molecule has 630 valence electrons. The largest absolute Gasteiger partial charge is 1.00 e. The van der Waals surface area contributed by atoms with Gasteiger partial charge in [-0.15, -0.1) is 0 Å². The summed E-state index contributed by atoms with van der Waals surface area (Å²) in [6, 6.07) is 29.9. The summed E-state index contributed by atoms with van der Waals surface area (Å²) in [6.45, 7) is 15.2. The van der Waals surface area contributed by atoms with Crippen LogP contribution in [0.3, 0.4) is 0 Å². The fourth-order valence-corrected chi connectivity index (χ4v) is 16.7. The Morgan fingerprint density at radius 3 is 0.992 bits per heavy atom. The number of nitrogens with two attached hydrogens (primary N) is 1. The Kier molecular flexibility index (Phi) is 36.9. The molecule has 120 heavy (non-hydrogen) atoms. The molecule has 0 radical (unpaired) electrons. The number of benzene rings is 6. The van der Waals surface area contributed by atoms with Crippen LogP contribution in [-0.4, -0.2) is 130 Å². The molecule has 0 heterocycles. The molecule has 9 amide bonds. The Balaban J connectivity index is 0.000000318. The van der Waals surface area contributed by atoms with Crippen molar-refractivity contribution < 1.29 is 152 Å². The summed E-state index contributed by atoms with van der Waals surface area (Å²) in [6.07, 6.45) is 4.92. The van der Waals surface area contributed by atoms with Crippen molar-refractivity contribution in [1.82, 2.24) is 26.6 Å². The van der Waals surface area contributed by atoms with Gasteiger partial charge in [0.15, 0.2) is 0 Å². The van der Waals surface area contributed by atoms with Crippen LogP contribution in [0, 0.1) is 50.2 Å². The van der Waals surface area contributed by atoms with Gasteiger partial charge < -0.3 is 83.4 Å². The molecule has 28 nitrogen and oxygen atoms in total. The van der Waals surface area contributed by atoms with E-state index in [2.05, 4.69) is 42.5 Å². The van der Waals surface area contributed by atoms with Gasteiger partial charge in [0.1, 0.15) is 18.6 Å². The number of carbonyl (C=O) groups is 14. The Morgan fingerprint density at radius 2 is 0.708 bits per heavy atom. The number of nitrogens with one attached hydrogen (secondary N) is 8. The summed E-state index contributed by atoms with van der Waals surface area (Å²) in [7, 11) is 0. The third-order valence-electron chi connectivity index (χ3n) is 23.5. The van der Waals surface area contributed by atoms with E-state index in [1.165, 1.54) is 0 Å². The van der Waals surface area contributed by atoms with E-state index in [0.717, 1.165) is 6.08 Å². The molecule has 0 aromatic heterocycles. The summed E-state index contributed by atoms with van der Waals surface area (Å²) in [4.78, 5) is 172. The van der Waals surface area contributed by atoms with Crippen LogP contribution in [0.4, 0.5) is 17.1 Å². The maximum atomic E-state index is 13.3. The molecule has 6 aromatic carbocycles. The van der Waals surface area contributed by atoms with Crippen LogP contribution in [-0.2, 0) is 72.0 Å². The standard InChI is InChI=1S/C28H32Cl2N4O6.C28H31Cl2N3O7.C28H30Cl2N2O6.2Na/c1-27(2)17(11-12-28(27,3)26(40)32-14-21(31)35)23(36)34-20(25(38)39)13-15-7-9-16(10-8-15)33-24(37)22-18(29)5-4-6-19(22)30;1-27(2)17(11-12-28(27,3)26(40)31-14-21(34)35)23(36)33-20(25(38)39)13-15-7-9-16(10-8-15)32-24(37)22-18(29)5-4-6-19(22)30;1-27(2)18(11-13-28(27,3)14-12-22(33)34)24(35)32-21(26(37)38)15-16-7-9-17(10-8-16)31-25(36)23-19(29)5-4-6-20(23)30;;/h4-10,17,20H,11-14H2,1-3H3,(H2,31,35)(H,32,40)(H,33,37)(H,34,36)(H,38,39);4-10,17,20H,11-14H2,1-3H3,(H,31,40)(H,32,37)(H,33,36)(H,34,35)(H,38,39);4-10,12,14,18,21H,11,13,15H2,1-3H3,(H,31,36)(H,32,35)(H,33,34)(H,37,38);;/q;;;2*+1/p-2/b;;14-12+;;/t17-,20-,28-;17?,20-,28?;18?,21-,28?;;/m000../s1. The van der Waals surface area contributed by atoms with Gasteiger partial charge in [-0.2, -0.15) is 0 Å². The molecule has 9 rings (SSSR count). The molecular weight excluding hydrogens is 1700 g/mol. The van der Waals surface area contributed by atoms with E-state index in [4.69, 9.17) is 80.4 Å². The van der Waals surface area contributed by atoms with E-state index >= 15 is 0 Å².